The third-order valence-electron chi connectivity index (χ3n) is 5.99. The Bertz CT molecular complexity index is 1370. The molecule has 0 amide bonds. The van der Waals surface area contributed by atoms with Crippen LogP contribution < -0.4 is 10.1 Å². The van der Waals surface area contributed by atoms with Crippen LogP contribution in [-0.2, 0) is 6.54 Å². The molecule has 1 atom stereocenters. The average Bonchev–Trinajstić information content (AvgIpc) is 3.37. The van der Waals surface area contributed by atoms with Gasteiger partial charge in [0.15, 0.2) is 5.11 Å². The molecule has 2 heterocycles. The number of benzene rings is 3. The van der Waals surface area contributed by atoms with Crippen LogP contribution in [0.2, 0.25) is 0 Å². The molecule has 0 radical (unpaired) electrons. The molecule has 1 aromatic heterocycles. The molecule has 4 aromatic rings. The van der Waals surface area contributed by atoms with Gasteiger partial charge in [0.05, 0.1) is 18.7 Å². The fourth-order valence-corrected chi connectivity index (χ4v) is 4.43. The Balaban J connectivity index is 1.56. The Morgan fingerprint density at radius 2 is 1.74 bits per heavy atom. The van der Waals surface area contributed by atoms with Crippen molar-refractivity contribution in [3.8, 4) is 17.1 Å². The molecule has 1 aliphatic rings. The Hall–Kier alpha value is -4.04. The zero-order chi connectivity index (χ0) is 24.4. The van der Waals surface area contributed by atoms with E-state index in [0.29, 0.717) is 23.4 Å². The maximum Gasteiger partial charge on any atom is 0.258 e. The second-order valence-corrected chi connectivity index (χ2v) is 8.54. The molecular formula is C27H23FN4O2S. The Morgan fingerprint density at radius 1 is 1.03 bits per heavy atom. The number of rotatable bonds is 6. The van der Waals surface area contributed by atoms with Gasteiger partial charge in [-0.05, 0) is 66.7 Å². The summed E-state index contributed by atoms with van der Waals surface area (Å²) in [6.45, 7) is 2.46. The Morgan fingerprint density at radius 3 is 2.43 bits per heavy atom. The van der Waals surface area contributed by atoms with Crippen molar-refractivity contribution in [2.75, 3.05) is 7.11 Å². The van der Waals surface area contributed by atoms with Crippen LogP contribution in [0.25, 0.3) is 17.0 Å². The summed E-state index contributed by atoms with van der Waals surface area (Å²) in [6, 6.07) is 23.6. The van der Waals surface area contributed by atoms with Crippen LogP contribution in [0.3, 0.4) is 0 Å². The number of thiocarbonyl (C=S) groups is 1. The highest BCUT2D eigenvalue weighted by molar-refractivity contribution is 7.80. The molecule has 1 unspecified atom stereocenters. The summed E-state index contributed by atoms with van der Waals surface area (Å²) in [5.41, 5.74) is 4.49. The molecule has 0 spiro atoms. The molecule has 0 fully saturated rings. The van der Waals surface area contributed by atoms with Crippen molar-refractivity contribution in [3.63, 3.8) is 0 Å². The van der Waals surface area contributed by atoms with Gasteiger partial charge in [-0.25, -0.2) is 4.39 Å². The number of halogens is 1. The van der Waals surface area contributed by atoms with E-state index >= 15 is 0 Å². The van der Waals surface area contributed by atoms with Crippen LogP contribution in [0, 0.1) is 5.82 Å². The average molecular weight is 487 g/mol. The minimum Gasteiger partial charge on any atom is -0.497 e. The van der Waals surface area contributed by atoms with Crippen molar-refractivity contribution in [2.24, 2.45) is 0 Å². The number of aromatic nitrogens is 2. The maximum atomic E-state index is 13.4. The number of hydrogen-bond acceptors (Lipinski definition) is 5. The molecule has 5 rings (SSSR count). The van der Waals surface area contributed by atoms with Crippen LogP contribution in [0.4, 0.5) is 4.39 Å². The van der Waals surface area contributed by atoms with Crippen molar-refractivity contribution in [2.45, 2.75) is 19.5 Å². The summed E-state index contributed by atoms with van der Waals surface area (Å²) in [5.74, 6) is 1.36. The lowest BCUT2D eigenvalue weighted by Gasteiger charge is -2.37. The van der Waals surface area contributed by atoms with E-state index in [0.717, 1.165) is 33.7 Å². The van der Waals surface area contributed by atoms with E-state index in [9.17, 15) is 4.39 Å². The number of hydrogen-bond donors (Lipinski definition) is 1. The fraction of sp³-hybridized carbons (Fsp3) is 0.148. The van der Waals surface area contributed by atoms with Crippen LogP contribution in [0.15, 0.2) is 89.1 Å². The zero-order valence-corrected chi connectivity index (χ0v) is 20.1. The van der Waals surface area contributed by atoms with Gasteiger partial charge in [-0.15, -0.1) is 0 Å². The third kappa shape index (κ3) is 4.65. The highest BCUT2D eigenvalue weighted by atomic mass is 32.1. The van der Waals surface area contributed by atoms with Crippen LogP contribution in [0.1, 0.15) is 30.0 Å². The summed E-state index contributed by atoms with van der Waals surface area (Å²) in [4.78, 5) is 6.69. The molecular weight excluding hydrogens is 463 g/mol. The fourth-order valence-electron chi connectivity index (χ4n) is 4.11. The van der Waals surface area contributed by atoms with Crippen molar-refractivity contribution >= 4 is 22.9 Å². The van der Waals surface area contributed by atoms with Crippen molar-refractivity contribution in [3.05, 3.63) is 107 Å². The summed E-state index contributed by atoms with van der Waals surface area (Å²) in [7, 11) is 1.62. The molecule has 1 aliphatic heterocycles. The van der Waals surface area contributed by atoms with E-state index < -0.39 is 0 Å². The van der Waals surface area contributed by atoms with Crippen molar-refractivity contribution < 1.29 is 13.7 Å². The number of methoxy groups -OCH3 is 1. The van der Waals surface area contributed by atoms with Gasteiger partial charge in [0.25, 0.3) is 5.89 Å². The number of nitrogens with zero attached hydrogens (tertiary/aromatic N) is 3. The summed E-state index contributed by atoms with van der Waals surface area (Å²) in [6.07, 6.45) is 0. The smallest absolute Gasteiger partial charge is 0.258 e. The monoisotopic (exact) mass is 486 g/mol. The molecule has 6 nitrogen and oxygen atoms in total. The van der Waals surface area contributed by atoms with Gasteiger partial charge in [-0.2, -0.15) is 4.98 Å². The third-order valence-corrected chi connectivity index (χ3v) is 6.33. The van der Waals surface area contributed by atoms with E-state index in [4.69, 9.17) is 26.5 Å². The second kappa shape index (κ2) is 9.68. The Labute approximate surface area is 208 Å². The van der Waals surface area contributed by atoms with Crippen LogP contribution in [0.5, 0.6) is 5.75 Å². The van der Waals surface area contributed by atoms with E-state index in [-0.39, 0.29) is 11.9 Å². The molecule has 3 aromatic carbocycles. The largest absolute Gasteiger partial charge is 0.497 e. The van der Waals surface area contributed by atoms with Gasteiger partial charge >= 0.3 is 0 Å². The SMILES string of the molecule is COc1ccc(-c2noc(C3=C(C)N(Cc4ccc(F)cc4)C(=S)NC3c3ccccc3)n2)cc1. The van der Waals surface area contributed by atoms with Crippen LogP contribution >= 0.6 is 12.2 Å². The normalized spacial score (nSPS) is 15.8. The van der Waals surface area contributed by atoms with E-state index in [1.807, 2.05) is 66.4 Å². The van der Waals surface area contributed by atoms with Gasteiger partial charge < -0.3 is 19.5 Å². The second-order valence-electron chi connectivity index (χ2n) is 8.16. The quantitative estimate of drug-likeness (QED) is 0.348. The van der Waals surface area contributed by atoms with E-state index in [2.05, 4.69) is 10.5 Å². The van der Waals surface area contributed by atoms with Crippen LogP contribution in [-0.4, -0.2) is 27.3 Å². The first kappa shape index (κ1) is 22.7. The van der Waals surface area contributed by atoms with Gasteiger partial charge in [-0.1, -0.05) is 47.6 Å². The molecule has 0 bridgehead atoms. The highest BCUT2D eigenvalue weighted by Crippen LogP contribution is 2.38. The number of nitrogens with one attached hydrogen (secondary N) is 1. The van der Waals surface area contributed by atoms with Crippen molar-refractivity contribution in [1.82, 2.24) is 20.4 Å². The maximum absolute atomic E-state index is 13.4. The van der Waals surface area contributed by atoms with Gasteiger partial charge in [0.1, 0.15) is 11.6 Å². The molecule has 0 saturated carbocycles. The molecule has 176 valence electrons. The predicted molar refractivity (Wildman–Crippen MR) is 136 cm³/mol. The molecule has 1 N–H and O–H groups in total. The predicted octanol–water partition coefficient (Wildman–Crippen LogP) is 5.75. The first-order valence-electron chi connectivity index (χ1n) is 11.1. The summed E-state index contributed by atoms with van der Waals surface area (Å²) in [5, 5.41) is 8.24. The minimum absolute atomic E-state index is 0.266. The lowest BCUT2D eigenvalue weighted by Crippen LogP contribution is -2.45. The molecule has 35 heavy (non-hydrogen) atoms. The van der Waals surface area contributed by atoms with Gasteiger partial charge in [-0.3, -0.25) is 0 Å². The zero-order valence-electron chi connectivity index (χ0n) is 19.2. The highest BCUT2D eigenvalue weighted by Gasteiger charge is 2.34. The lowest BCUT2D eigenvalue weighted by molar-refractivity contribution is 0.396. The minimum atomic E-state index is -0.276. The van der Waals surface area contributed by atoms with E-state index in [1.54, 1.807) is 19.2 Å². The first-order chi connectivity index (χ1) is 17.0. The number of ether oxygens (including phenoxy) is 1. The summed E-state index contributed by atoms with van der Waals surface area (Å²) >= 11 is 5.74. The number of allylic oxidation sites excluding steroid dienone is 1. The molecule has 8 heteroatoms. The van der Waals surface area contributed by atoms with E-state index in [1.165, 1.54) is 12.1 Å². The topological polar surface area (TPSA) is 63.4 Å². The standard InChI is InChI=1S/C27H23FN4O2S/c1-17-23(26-30-25(31-34-26)20-10-14-22(33-2)15-11-20)24(19-6-4-3-5-7-19)29-27(35)32(17)16-18-8-12-21(28)13-9-18/h3-15,24H,16H2,1-2H3,(H,29,35). The summed E-state index contributed by atoms with van der Waals surface area (Å²) < 4.78 is 24.4. The lowest BCUT2D eigenvalue weighted by atomic mass is 9.94. The molecule has 0 saturated heterocycles. The first-order valence-corrected chi connectivity index (χ1v) is 11.5. The Kier molecular flexibility index (Phi) is 6.29. The molecule has 0 aliphatic carbocycles. The van der Waals surface area contributed by atoms with Gasteiger partial charge in [0, 0.05) is 17.8 Å². The van der Waals surface area contributed by atoms with Gasteiger partial charge in [0.2, 0.25) is 5.82 Å². The van der Waals surface area contributed by atoms with Crippen molar-refractivity contribution in [1.29, 1.82) is 0 Å².